The van der Waals surface area contributed by atoms with Gasteiger partial charge in [-0.15, -0.1) is 11.3 Å². The molecule has 1 aromatic rings. The van der Waals surface area contributed by atoms with Crippen LogP contribution in [0.2, 0.25) is 0 Å². The van der Waals surface area contributed by atoms with E-state index in [1.165, 1.54) is 12.8 Å². The largest absolute Gasteiger partial charge is 0.356 e. The number of nitrogens with zero attached hydrogens (tertiary/aromatic N) is 4. The lowest BCUT2D eigenvalue weighted by atomic mass is 10.0. The van der Waals surface area contributed by atoms with E-state index in [1.54, 1.807) is 18.4 Å². The van der Waals surface area contributed by atoms with Gasteiger partial charge in [-0.1, -0.05) is 13.8 Å². The Bertz CT molecular complexity index is 659. The summed E-state index contributed by atoms with van der Waals surface area (Å²) in [5, 5.41) is 10.2. The number of anilines is 1. The fourth-order valence-electron chi connectivity index (χ4n) is 3.77. The Labute approximate surface area is 172 Å². The Morgan fingerprint density at radius 1 is 1.29 bits per heavy atom. The highest BCUT2D eigenvalue weighted by Gasteiger charge is 2.24. The van der Waals surface area contributed by atoms with Crippen LogP contribution in [-0.4, -0.2) is 67.6 Å². The third-order valence-electron chi connectivity index (χ3n) is 5.45. The van der Waals surface area contributed by atoms with Crippen LogP contribution in [0.15, 0.2) is 10.4 Å². The first kappa shape index (κ1) is 20.9. The third-order valence-corrected chi connectivity index (χ3v) is 6.41. The van der Waals surface area contributed by atoms with E-state index >= 15 is 0 Å². The molecule has 1 amide bonds. The van der Waals surface area contributed by atoms with Crippen LogP contribution in [0.25, 0.3) is 0 Å². The highest BCUT2D eigenvalue weighted by atomic mass is 32.1. The molecule has 7 nitrogen and oxygen atoms in total. The molecule has 2 saturated heterocycles. The fourth-order valence-corrected chi connectivity index (χ4v) is 4.68. The number of carbonyl (C=O) groups is 1. The molecule has 8 heteroatoms. The van der Waals surface area contributed by atoms with Crippen molar-refractivity contribution in [2.24, 2.45) is 10.9 Å². The molecule has 0 atom stereocenters. The van der Waals surface area contributed by atoms with E-state index in [-0.39, 0.29) is 11.8 Å². The number of aromatic nitrogens is 1. The summed E-state index contributed by atoms with van der Waals surface area (Å²) in [6.45, 7) is 8.68. The van der Waals surface area contributed by atoms with Crippen LogP contribution in [0.5, 0.6) is 0 Å². The summed E-state index contributed by atoms with van der Waals surface area (Å²) in [6.07, 6.45) is 5.38. The number of guanidine groups is 1. The Morgan fingerprint density at radius 3 is 2.64 bits per heavy atom. The first-order valence-electron chi connectivity index (χ1n) is 10.5. The van der Waals surface area contributed by atoms with Crippen LogP contribution in [-0.2, 0) is 11.2 Å². The predicted molar refractivity (Wildman–Crippen MR) is 116 cm³/mol. The van der Waals surface area contributed by atoms with Crippen molar-refractivity contribution in [3.8, 4) is 0 Å². The van der Waals surface area contributed by atoms with Crippen molar-refractivity contribution in [3.63, 3.8) is 0 Å². The minimum Gasteiger partial charge on any atom is -0.356 e. The molecule has 2 N–H and O–H groups in total. The monoisotopic (exact) mass is 406 g/mol. The maximum atomic E-state index is 12.1. The van der Waals surface area contributed by atoms with E-state index in [9.17, 15) is 4.79 Å². The topological polar surface area (TPSA) is 72.9 Å². The van der Waals surface area contributed by atoms with Gasteiger partial charge >= 0.3 is 0 Å². The quantitative estimate of drug-likeness (QED) is 0.559. The maximum Gasteiger partial charge on any atom is 0.225 e. The van der Waals surface area contributed by atoms with Crippen molar-refractivity contribution in [2.75, 3.05) is 44.7 Å². The molecular formula is C20H34N6OS. The third kappa shape index (κ3) is 5.59. The van der Waals surface area contributed by atoms with Gasteiger partial charge in [0.05, 0.1) is 5.69 Å². The molecule has 0 aliphatic carbocycles. The Morgan fingerprint density at radius 2 is 2.00 bits per heavy atom. The molecule has 156 valence electrons. The highest BCUT2D eigenvalue weighted by Crippen LogP contribution is 2.24. The number of carbonyl (C=O) groups excluding carboxylic acids is 1. The molecule has 0 unspecified atom stereocenters. The number of amides is 1. The van der Waals surface area contributed by atoms with E-state index in [0.717, 1.165) is 68.8 Å². The number of piperidine rings is 1. The van der Waals surface area contributed by atoms with Crippen molar-refractivity contribution in [1.82, 2.24) is 20.5 Å². The molecule has 2 aliphatic rings. The number of thiazole rings is 1. The molecule has 0 radical (unpaired) electrons. The number of hydrogen-bond donors (Lipinski definition) is 2. The first-order valence-corrected chi connectivity index (χ1v) is 11.4. The van der Waals surface area contributed by atoms with Crippen molar-refractivity contribution >= 4 is 28.3 Å². The lowest BCUT2D eigenvalue weighted by molar-refractivity contribution is -0.135. The van der Waals surface area contributed by atoms with Gasteiger partial charge in [-0.25, -0.2) is 4.98 Å². The molecule has 3 heterocycles. The lowest BCUT2D eigenvalue weighted by Crippen LogP contribution is -2.50. The number of rotatable bonds is 6. The Kier molecular flexibility index (Phi) is 7.53. The van der Waals surface area contributed by atoms with Crippen LogP contribution in [0.4, 0.5) is 5.13 Å². The SMILES string of the molecule is CN=C(NCCc1csc(N2CCCC2)n1)NC1CCN(C(=O)C(C)C)CC1. The summed E-state index contributed by atoms with van der Waals surface area (Å²) >= 11 is 1.75. The van der Waals surface area contributed by atoms with Crippen molar-refractivity contribution in [1.29, 1.82) is 0 Å². The Hall–Kier alpha value is -1.83. The van der Waals surface area contributed by atoms with E-state index in [0.29, 0.717) is 6.04 Å². The van der Waals surface area contributed by atoms with Gasteiger partial charge in [0.15, 0.2) is 11.1 Å². The van der Waals surface area contributed by atoms with Crippen LogP contribution in [0, 0.1) is 5.92 Å². The second kappa shape index (κ2) is 10.1. The normalized spacial score (nSPS) is 18.8. The van der Waals surface area contributed by atoms with Gasteiger partial charge in [-0.05, 0) is 25.7 Å². The second-order valence-corrected chi connectivity index (χ2v) is 8.80. The zero-order valence-electron chi connectivity index (χ0n) is 17.4. The van der Waals surface area contributed by atoms with Gasteiger partial charge in [0.2, 0.25) is 5.91 Å². The molecule has 0 spiro atoms. The number of nitrogens with one attached hydrogen (secondary N) is 2. The van der Waals surface area contributed by atoms with Crippen LogP contribution < -0.4 is 15.5 Å². The zero-order chi connectivity index (χ0) is 19.9. The van der Waals surface area contributed by atoms with Crippen LogP contribution in [0.3, 0.4) is 0 Å². The second-order valence-electron chi connectivity index (χ2n) is 7.96. The van der Waals surface area contributed by atoms with Gasteiger partial charge in [-0.3, -0.25) is 9.79 Å². The van der Waals surface area contributed by atoms with Crippen molar-refractivity contribution < 1.29 is 4.79 Å². The molecule has 0 saturated carbocycles. The summed E-state index contributed by atoms with van der Waals surface area (Å²) in [5.74, 6) is 1.18. The summed E-state index contributed by atoms with van der Waals surface area (Å²) in [6, 6.07) is 0.364. The molecule has 2 aliphatic heterocycles. The lowest BCUT2D eigenvalue weighted by Gasteiger charge is -2.34. The summed E-state index contributed by atoms with van der Waals surface area (Å²) in [4.78, 5) is 25.6. The van der Waals surface area contributed by atoms with E-state index in [2.05, 4.69) is 25.9 Å². The standard InChI is InChI=1S/C20H34N6OS/c1-15(2)18(27)25-12-7-16(8-13-25)23-19(21-3)22-9-6-17-14-28-20(24-17)26-10-4-5-11-26/h14-16H,4-13H2,1-3H3,(H2,21,22,23). The first-order chi connectivity index (χ1) is 13.6. The van der Waals surface area contributed by atoms with Crippen LogP contribution >= 0.6 is 11.3 Å². The number of likely N-dealkylation sites (tertiary alicyclic amines) is 1. The molecule has 0 bridgehead atoms. The minimum atomic E-state index is 0.0793. The van der Waals surface area contributed by atoms with E-state index < -0.39 is 0 Å². The van der Waals surface area contributed by atoms with Gasteiger partial charge in [-0.2, -0.15) is 0 Å². The van der Waals surface area contributed by atoms with E-state index in [1.807, 2.05) is 18.7 Å². The smallest absolute Gasteiger partial charge is 0.225 e. The number of aliphatic imine (C=N–C) groups is 1. The fraction of sp³-hybridized carbons (Fsp3) is 0.750. The summed E-state index contributed by atoms with van der Waals surface area (Å²) < 4.78 is 0. The van der Waals surface area contributed by atoms with Gasteiger partial charge in [0.1, 0.15) is 0 Å². The van der Waals surface area contributed by atoms with E-state index in [4.69, 9.17) is 4.98 Å². The minimum absolute atomic E-state index is 0.0793. The van der Waals surface area contributed by atoms with Crippen LogP contribution in [0.1, 0.15) is 45.2 Å². The highest BCUT2D eigenvalue weighted by molar-refractivity contribution is 7.13. The molecule has 3 rings (SSSR count). The van der Waals surface area contributed by atoms with Gasteiger partial charge in [0.25, 0.3) is 0 Å². The number of hydrogen-bond acceptors (Lipinski definition) is 5. The van der Waals surface area contributed by atoms with Crippen molar-refractivity contribution in [2.45, 2.75) is 52.0 Å². The molecule has 2 fully saturated rings. The molecular weight excluding hydrogens is 372 g/mol. The molecule has 0 aromatic carbocycles. The average molecular weight is 407 g/mol. The molecule has 28 heavy (non-hydrogen) atoms. The van der Waals surface area contributed by atoms with Gasteiger partial charge in [0, 0.05) is 63.5 Å². The zero-order valence-corrected chi connectivity index (χ0v) is 18.2. The maximum absolute atomic E-state index is 12.1. The summed E-state index contributed by atoms with van der Waals surface area (Å²) in [5.41, 5.74) is 1.15. The van der Waals surface area contributed by atoms with Crippen molar-refractivity contribution in [3.05, 3.63) is 11.1 Å². The Balaban J connectivity index is 1.38. The predicted octanol–water partition coefficient (Wildman–Crippen LogP) is 2.10. The average Bonchev–Trinajstić information content (AvgIpc) is 3.39. The molecule has 1 aromatic heterocycles. The summed E-state index contributed by atoms with van der Waals surface area (Å²) in [7, 11) is 1.81. The van der Waals surface area contributed by atoms with Gasteiger partial charge < -0.3 is 20.4 Å².